The van der Waals surface area contributed by atoms with Gasteiger partial charge in [0.25, 0.3) is 11.5 Å². The number of hydrogen-bond acceptors (Lipinski definition) is 4. The standard InChI is InChI=1S/C21H22N4O3/c1-3-12-6-5-7-14(10-12)22-19(26)15-11-16(13-8-9-13)23-18-17(15)20(27)24-21(28)25(18)4-2/h5-7,10-11,13H,3-4,8-9H2,1-2H3,(H,22,26)(H,24,27,28). The number of aromatic amines is 1. The van der Waals surface area contributed by atoms with E-state index in [0.29, 0.717) is 12.2 Å². The summed E-state index contributed by atoms with van der Waals surface area (Å²) in [6.45, 7) is 4.20. The Kier molecular flexibility index (Phi) is 4.58. The SMILES string of the molecule is CCc1cccc(NC(=O)c2cc(C3CC3)nc3c2c(=O)[nH]c(=O)n3CC)c1. The zero-order chi connectivity index (χ0) is 19.8. The summed E-state index contributed by atoms with van der Waals surface area (Å²) in [6.07, 6.45) is 2.85. The lowest BCUT2D eigenvalue weighted by Crippen LogP contribution is -2.32. The average molecular weight is 378 g/mol. The third kappa shape index (κ3) is 3.24. The summed E-state index contributed by atoms with van der Waals surface area (Å²) in [4.78, 5) is 44.7. The molecule has 1 saturated carbocycles. The molecule has 0 radical (unpaired) electrons. The molecular formula is C21H22N4O3. The fourth-order valence-corrected chi connectivity index (χ4v) is 3.42. The Bertz CT molecular complexity index is 1190. The summed E-state index contributed by atoms with van der Waals surface area (Å²) >= 11 is 0. The highest BCUT2D eigenvalue weighted by molar-refractivity contribution is 6.11. The molecule has 0 aliphatic heterocycles. The number of nitrogens with zero attached hydrogens (tertiary/aromatic N) is 2. The predicted octanol–water partition coefficient (Wildman–Crippen LogP) is 2.80. The van der Waals surface area contributed by atoms with E-state index in [0.717, 1.165) is 30.5 Å². The topological polar surface area (TPSA) is 96.8 Å². The quantitative estimate of drug-likeness (QED) is 0.713. The van der Waals surface area contributed by atoms with Crippen LogP contribution in [0.15, 0.2) is 39.9 Å². The van der Waals surface area contributed by atoms with Crippen molar-refractivity contribution < 1.29 is 4.79 Å². The molecule has 1 fully saturated rings. The zero-order valence-corrected chi connectivity index (χ0v) is 15.9. The first kappa shape index (κ1) is 18.2. The number of amides is 1. The van der Waals surface area contributed by atoms with E-state index in [4.69, 9.17) is 0 Å². The van der Waals surface area contributed by atoms with Crippen LogP contribution >= 0.6 is 0 Å². The van der Waals surface area contributed by atoms with Gasteiger partial charge in [0.1, 0.15) is 0 Å². The molecule has 1 aliphatic carbocycles. The van der Waals surface area contributed by atoms with E-state index in [1.807, 2.05) is 31.2 Å². The molecule has 0 unspecified atom stereocenters. The number of fused-ring (bicyclic) bond motifs is 1. The van der Waals surface area contributed by atoms with Gasteiger partial charge < -0.3 is 5.32 Å². The number of nitrogens with one attached hydrogen (secondary N) is 2. The number of rotatable bonds is 5. The third-order valence-corrected chi connectivity index (χ3v) is 5.12. The summed E-state index contributed by atoms with van der Waals surface area (Å²) in [6, 6.07) is 9.30. The van der Waals surface area contributed by atoms with Gasteiger partial charge in [-0.1, -0.05) is 19.1 Å². The van der Waals surface area contributed by atoms with E-state index in [1.165, 1.54) is 4.57 Å². The first-order valence-electron chi connectivity index (χ1n) is 9.59. The predicted molar refractivity (Wildman–Crippen MR) is 108 cm³/mol. The normalized spacial score (nSPS) is 13.6. The van der Waals surface area contributed by atoms with Crippen LogP contribution in [-0.4, -0.2) is 20.4 Å². The molecule has 4 rings (SSSR count). The molecule has 0 spiro atoms. The van der Waals surface area contributed by atoms with Crippen molar-refractivity contribution in [3.8, 4) is 0 Å². The first-order valence-corrected chi connectivity index (χ1v) is 9.59. The summed E-state index contributed by atoms with van der Waals surface area (Å²) in [5.74, 6) is -0.103. The number of H-pyrrole nitrogens is 1. The maximum absolute atomic E-state index is 13.1. The first-order chi connectivity index (χ1) is 13.5. The van der Waals surface area contributed by atoms with Crippen LogP contribution in [0.25, 0.3) is 11.0 Å². The van der Waals surface area contributed by atoms with Gasteiger partial charge in [-0.25, -0.2) is 9.78 Å². The van der Waals surface area contributed by atoms with Gasteiger partial charge in [0.05, 0.1) is 10.9 Å². The van der Waals surface area contributed by atoms with Crippen molar-refractivity contribution in [2.45, 2.75) is 45.6 Å². The number of anilines is 1. The number of benzene rings is 1. The second-order valence-electron chi connectivity index (χ2n) is 7.08. The Labute approximate surface area is 161 Å². The zero-order valence-electron chi connectivity index (χ0n) is 15.9. The molecule has 144 valence electrons. The van der Waals surface area contributed by atoms with Crippen molar-refractivity contribution in [3.63, 3.8) is 0 Å². The van der Waals surface area contributed by atoms with Crippen LogP contribution in [-0.2, 0) is 13.0 Å². The number of pyridine rings is 1. The van der Waals surface area contributed by atoms with Gasteiger partial charge in [0.2, 0.25) is 0 Å². The third-order valence-electron chi connectivity index (χ3n) is 5.12. The van der Waals surface area contributed by atoms with Gasteiger partial charge in [0.15, 0.2) is 5.65 Å². The number of aromatic nitrogens is 3. The summed E-state index contributed by atoms with van der Waals surface area (Å²) in [5, 5.41) is 3.03. The Morgan fingerprint density at radius 1 is 1.25 bits per heavy atom. The van der Waals surface area contributed by atoms with Crippen molar-refractivity contribution in [2.75, 3.05) is 5.32 Å². The molecule has 7 nitrogen and oxygen atoms in total. The lowest BCUT2D eigenvalue weighted by Gasteiger charge is -2.13. The molecule has 1 aromatic carbocycles. The molecule has 2 aromatic heterocycles. The molecule has 7 heteroatoms. The molecule has 1 amide bonds. The smallest absolute Gasteiger partial charge is 0.322 e. The van der Waals surface area contributed by atoms with Gasteiger partial charge >= 0.3 is 5.69 Å². The molecule has 3 aromatic rings. The van der Waals surface area contributed by atoms with Crippen LogP contribution in [0.3, 0.4) is 0 Å². The molecule has 2 N–H and O–H groups in total. The number of carbonyl (C=O) groups is 1. The second kappa shape index (κ2) is 7.07. The number of aryl methyl sites for hydroxylation is 2. The molecule has 0 atom stereocenters. The van der Waals surface area contributed by atoms with Crippen molar-refractivity contribution in [1.82, 2.24) is 14.5 Å². The van der Waals surface area contributed by atoms with Gasteiger partial charge in [-0.05, 0) is 49.9 Å². The maximum Gasteiger partial charge on any atom is 0.329 e. The van der Waals surface area contributed by atoms with Gasteiger partial charge in [-0.2, -0.15) is 0 Å². The van der Waals surface area contributed by atoms with Gasteiger partial charge in [-0.3, -0.25) is 19.1 Å². The average Bonchev–Trinajstić information content (AvgIpc) is 3.52. The maximum atomic E-state index is 13.1. The minimum atomic E-state index is -0.591. The highest BCUT2D eigenvalue weighted by atomic mass is 16.2. The van der Waals surface area contributed by atoms with Crippen molar-refractivity contribution in [3.05, 3.63) is 68.0 Å². The Morgan fingerprint density at radius 3 is 2.71 bits per heavy atom. The molecule has 28 heavy (non-hydrogen) atoms. The second-order valence-corrected chi connectivity index (χ2v) is 7.08. The minimum Gasteiger partial charge on any atom is -0.322 e. The minimum absolute atomic E-state index is 0.148. The van der Waals surface area contributed by atoms with E-state index in [9.17, 15) is 14.4 Å². The molecule has 2 heterocycles. The van der Waals surface area contributed by atoms with Gasteiger partial charge in [-0.15, -0.1) is 0 Å². The highest BCUT2D eigenvalue weighted by Gasteiger charge is 2.28. The van der Waals surface area contributed by atoms with E-state index < -0.39 is 11.2 Å². The van der Waals surface area contributed by atoms with Crippen LogP contribution in [0.5, 0.6) is 0 Å². The van der Waals surface area contributed by atoms with E-state index in [2.05, 4.69) is 15.3 Å². The Morgan fingerprint density at radius 2 is 2.04 bits per heavy atom. The van der Waals surface area contributed by atoms with Crippen LogP contribution in [0.4, 0.5) is 5.69 Å². The molecular weight excluding hydrogens is 356 g/mol. The summed E-state index contributed by atoms with van der Waals surface area (Å²) in [7, 11) is 0. The molecule has 1 aliphatic rings. The Hall–Kier alpha value is -3.22. The molecule has 0 saturated heterocycles. The van der Waals surface area contributed by atoms with Crippen LogP contribution in [0, 0.1) is 0 Å². The van der Waals surface area contributed by atoms with Crippen molar-refractivity contribution in [1.29, 1.82) is 0 Å². The number of carbonyl (C=O) groups excluding carboxylic acids is 1. The molecule has 0 bridgehead atoms. The number of hydrogen-bond donors (Lipinski definition) is 2. The Balaban J connectivity index is 1.88. The van der Waals surface area contributed by atoms with Gasteiger partial charge in [0, 0.05) is 23.8 Å². The summed E-state index contributed by atoms with van der Waals surface area (Å²) in [5.41, 5.74) is 1.95. The van der Waals surface area contributed by atoms with E-state index in [-0.39, 0.29) is 28.4 Å². The van der Waals surface area contributed by atoms with Crippen molar-refractivity contribution in [2.24, 2.45) is 0 Å². The van der Waals surface area contributed by atoms with Crippen LogP contribution in [0.2, 0.25) is 0 Å². The summed E-state index contributed by atoms with van der Waals surface area (Å²) < 4.78 is 1.40. The highest BCUT2D eigenvalue weighted by Crippen LogP contribution is 2.40. The lowest BCUT2D eigenvalue weighted by atomic mass is 10.1. The largest absolute Gasteiger partial charge is 0.329 e. The van der Waals surface area contributed by atoms with Crippen LogP contribution < -0.4 is 16.6 Å². The van der Waals surface area contributed by atoms with E-state index in [1.54, 1.807) is 13.0 Å². The monoisotopic (exact) mass is 378 g/mol. The van der Waals surface area contributed by atoms with E-state index >= 15 is 0 Å². The fraction of sp³-hybridized carbons (Fsp3) is 0.333. The lowest BCUT2D eigenvalue weighted by molar-refractivity contribution is 0.102. The fourth-order valence-electron chi connectivity index (χ4n) is 3.42. The van der Waals surface area contributed by atoms with Crippen LogP contribution in [0.1, 0.15) is 54.2 Å². The van der Waals surface area contributed by atoms with Crippen molar-refractivity contribution >= 4 is 22.6 Å².